The van der Waals surface area contributed by atoms with Gasteiger partial charge in [-0.2, -0.15) is 0 Å². The molecule has 0 bridgehead atoms. The van der Waals surface area contributed by atoms with Crippen molar-refractivity contribution in [3.05, 3.63) is 72.8 Å². The average molecular weight is 381 g/mol. The molecule has 0 saturated heterocycles. The normalized spacial score (nSPS) is 11.6. The van der Waals surface area contributed by atoms with Gasteiger partial charge in [0.05, 0.1) is 11.5 Å². The lowest BCUT2D eigenvalue weighted by Crippen LogP contribution is -2.25. The van der Waals surface area contributed by atoms with Crippen LogP contribution in [-0.4, -0.2) is 22.0 Å². The van der Waals surface area contributed by atoms with E-state index in [9.17, 15) is 9.59 Å². The maximum Gasteiger partial charge on any atom is 0.291 e. The maximum atomic E-state index is 12.5. The van der Waals surface area contributed by atoms with Crippen LogP contribution in [0.25, 0.3) is 0 Å². The van der Waals surface area contributed by atoms with E-state index < -0.39 is 0 Å². The minimum Gasteiger partial charge on any atom is -0.459 e. The molecule has 3 rings (SSSR count). The molecule has 7 heteroatoms. The lowest BCUT2D eigenvalue weighted by Gasteiger charge is -2.15. The molecule has 2 N–H and O–H groups in total. The monoisotopic (exact) mass is 381 g/mol. The minimum absolute atomic E-state index is 0.105. The predicted octanol–water partition coefficient (Wildman–Crippen LogP) is 4.44. The Morgan fingerprint density at radius 1 is 1.11 bits per heavy atom. The van der Waals surface area contributed by atoms with E-state index in [1.54, 1.807) is 36.5 Å². The number of nitrogens with zero attached hydrogens (tertiary/aromatic N) is 1. The highest BCUT2D eigenvalue weighted by atomic mass is 32.2. The Balaban J connectivity index is 1.65. The molecule has 2 amide bonds. The molecule has 2 aromatic heterocycles. The average Bonchev–Trinajstić information content (AvgIpc) is 3.22. The van der Waals surface area contributed by atoms with E-state index in [1.807, 2.05) is 31.2 Å². The highest BCUT2D eigenvalue weighted by molar-refractivity contribution is 8.00. The molecule has 0 fully saturated rings. The number of hydrogen-bond donors (Lipinski definition) is 2. The predicted molar refractivity (Wildman–Crippen MR) is 106 cm³/mol. The highest BCUT2D eigenvalue weighted by Crippen LogP contribution is 2.28. The Hall–Kier alpha value is -3.06. The van der Waals surface area contributed by atoms with Gasteiger partial charge in [0, 0.05) is 16.8 Å². The molecule has 0 radical (unpaired) electrons. The fourth-order valence-electron chi connectivity index (χ4n) is 2.38. The second kappa shape index (κ2) is 9.05. The highest BCUT2D eigenvalue weighted by Gasteiger charge is 2.19. The van der Waals surface area contributed by atoms with Crippen LogP contribution < -0.4 is 10.6 Å². The van der Waals surface area contributed by atoms with Gasteiger partial charge < -0.3 is 15.1 Å². The van der Waals surface area contributed by atoms with Crippen LogP contribution in [0.1, 0.15) is 23.9 Å². The summed E-state index contributed by atoms with van der Waals surface area (Å²) in [4.78, 5) is 29.6. The first-order valence-electron chi connectivity index (χ1n) is 8.49. The summed E-state index contributed by atoms with van der Waals surface area (Å²) in [6.45, 7) is 1.96. The van der Waals surface area contributed by atoms with Gasteiger partial charge in [-0.25, -0.2) is 4.98 Å². The van der Waals surface area contributed by atoms with Gasteiger partial charge in [-0.3, -0.25) is 9.59 Å². The number of carbonyl (C=O) groups excluding carboxylic acids is 2. The Morgan fingerprint density at radius 3 is 2.70 bits per heavy atom. The fraction of sp³-hybridized carbons (Fsp3) is 0.150. The number of amides is 2. The van der Waals surface area contributed by atoms with Crippen LogP contribution in [0.3, 0.4) is 0 Å². The van der Waals surface area contributed by atoms with Crippen LogP contribution in [0.4, 0.5) is 11.5 Å². The van der Waals surface area contributed by atoms with Gasteiger partial charge in [-0.15, -0.1) is 11.8 Å². The molecule has 6 nitrogen and oxygen atoms in total. The summed E-state index contributed by atoms with van der Waals surface area (Å²) in [7, 11) is 0. The summed E-state index contributed by atoms with van der Waals surface area (Å²) < 4.78 is 5.09. The van der Waals surface area contributed by atoms with E-state index in [4.69, 9.17) is 4.42 Å². The van der Waals surface area contributed by atoms with Crippen molar-refractivity contribution in [1.29, 1.82) is 0 Å². The third kappa shape index (κ3) is 5.21. The zero-order chi connectivity index (χ0) is 19.1. The number of pyridine rings is 1. The summed E-state index contributed by atoms with van der Waals surface area (Å²) in [6.07, 6.45) is 3.74. The Kier molecular flexibility index (Phi) is 6.27. The van der Waals surface area contributed by atoms with E-state index in [1.165, 1.54) is 18.0 Å². The quantitative estimate of drug-likeness (QED) is 0.591. The first kappa shape index (κ1) is 18.7. The Bertz CT molecular complexity index is 898. The van der Waals surface area contributed by atoms with E-state index in [2.05, 4.69) is 15.6 Å². The van der Waals surface area contributed by atoms with Crippen molar-refractivity contribution >= 4 is 35.1 Å². The third-order valence-corrected chi connectivity index (χ3v) is 5.05. The first-order valence-corrected chi connectivity index (χ1v) is 9.37. The van der Waals surface area contributed by atoms with Crippen LogP contribution in [0.2, 0.25) is 0 Å². The van der Waals surface area contributed by atoms with Gasteiger partial charge in [-0.05, 0) is 48.9 Å². The molecular formula is C20H19N3O3S. The summed E-state index contributed by atoms with van der Waals surface area (Å²) in [6, 6.07) is 16.0. The van der Waals surface area contributed by atoms with Crippen molar-refractivity contribution in [2.24, 2.45) is 0 Å². The molecule has 0 aliphatic rings. The van der Waals surface area contributed by atoms with Crippen molar-refractivity contribution in [1.82, 2.24) is 4.98 Å². The van der Waals surface area contributed by atoms with Gasteiger partial charge in [0.1, 0.15) is 5.82 Å². The van der Waals surface area contributed by atoms with Crippen molar-refractivity contribution < 1.29 is 14.0 Å². The van der Waals surface area contributed by atoms with Crippen LogP contribution in [0.15, 0.2) is 76.4 Å². The van der Waals surface area contributed by atoms with E-state index in [-0.39, 0.29) is 22.8 Å². The lowest BCUT2D eigenvalue weighted by atomic mass is 10.3. The largest absolute Gasteiger partial charge is 0.459 e. The van der Waals surface area contributed by atoms with Crippen LogP contribution in [0, 0.1) is 0 Å². The number of carbonyl (C=O) groups is 2. The van der Waals surface area contributed by atoms with Crippen LogP contribution >= 0.6 is 11.8 Å². The smallest absolute Gasteiger partial charge is 0.291 e. The van der Waals surface area contributed by atoms with Crippen molar-refractivity contribution in [3.63, 3.8) is 0 Å². The lowest BCUT2D eigenvalue weighted by molar-refractivity contribution is -0.115. The third-order valence-electron chi connectivity index (χ3n) is 3.69. The van der Waals surface area contributed by atoms with Crippen molar-refractivity contribution in [3.8, 4) is 0 Å². The molecular weight excluding hydrogens is 362 g/mol. The topological polar surface area (TPSA) is 84.2 Å². The second-order valence-corrected chi connectivity index (χ2v) is 6.95. The number of anilines is 2. The molecule has 3 aromatic rings. The fourth-order valence-corrected chi connectivity index (χ4v) is 3.39. The zero-order valence-electron chi connectivity index (χ0n) is 14.7. The molecule has 0 aliphatic carbocycles. The number of benzene rings is 1. The van der Waals surface area contributed by atoms with E-state index in [0.29, 0.717) is 17.9 Å². The van der Waals surface area contributed by atoms with E-state index >= 15 is 0 Å². The number of aromatic nitrogens is 1. The van der Waals surface area contributed by atoms with Gasteiger partial charge in [-0.1, -0.05) is 19.1 Å². The first-order chi connectivity index (χ1) is 13.2. The van der Waals surface area contributed by atoms with Crippen LogP contribution in [-0.2, 0) is 4.79 Å². The number of thioether (sulfide) groups is 1. The molecule has 0 spiro atoms. The van der Waals surface area contributed by atoms with E-state index in [0.717, 1.165) is 4.90 Å². The van der Waals surface area contributed by atoms with Crippen molar-refractivity contribution in [2.75, 3.05) is 10.6 Å². The Morgan fingerprint density at radius 2 is 2.00 bits per heavy atom. The van der Waals surface area contributed by atoms with Gasteiger partial charge in [0.15, 0.2) is 5.76 Å². The maximum absolute atomic E-state index is 12.5. The minimum atomic E-state index is -0.318. The second-order valence-electron chi connectivity index (χ2n) is 5.68. The molecule has 1 atom stereocenters. The molecule has 0 saturated carbocycles. The number of furan rings is 1. The number of nitrogens with one attached hydrogen (secondary N) is 2. The number of rotatable bonds is 7. The van der Waals surface area contributed by atoms with Crippen LogP contribution in [0.5, 0.6) is 0 Å². The zero-order valence-corrected chi connectivity index (χ0v) is 15.5. The molecule has 27 heavy (non-hydrogen) atoms. The SMILES string of the molecule is CCC(Sc1cccc(NC(=O)c2ccco2)c1)C(=O)Nc1ccccn1. The van der Waals surface area contributed by atoms with Crippen molar-refractivity contribution in [2.45, 2.75) is 23.5 Å². The summed E-state index contributed by atoms with van der Waals surface area (Å²) in [5.74, 6) is 0.351. The summed E-state index contributed by atoms with van der Waals surface area (Å²) in [5, 5.41) is 5.34. The molecule has 1 unspecified atom stereocenters. The summed E-state index contributed by atoms with van der Waals surface area (Å²) >= 11 is 1.44. The summed E-state index contributed by atoms with van der Waals surface area (Å²) in [5.41, 5.74) is 0.640. The molecule has 138 valence electrons. The van der Waals surface area contributed by atoms with Gasteiger partial charge >= 0.3 is 0 Å². The number of hydrogen-bond acceptors (Lipinski definition) is 5. The molecule has 0 aliphatic heterocycles. The van der Waals surface area contributed by atoms with Gasteiger partial charge in [0.2, 0.25) is 5.91 Å². The Labute approximate surface area is 161 Å². The van der Waals surface area contributed by atoms with Gasteiger partial charge in [0.25, 0.3) is 5.91 Å². The standard InChI is InChI=1S/C20H19N3O3S/c1-2-17(20(25)23-18-10-3-4-11-21-18)27-15-8-5-7-14(13-15)22-19(24)16-9-6-12-26-16/h3-13,17H,2H2,1H3,(H,22,24)(H,21,23,25). The molecule has 2 heterocycles. The molecule has 1 aromatic carbocycles.